The average Bonchev–Trinajstić information content (AvgIpc) is 2.50. The monoisotopic (exact) mass is 346 g/mol. The Labute approximate surface area is 144 Å². The summed E-state index contributed by atoms with van der Waals surface area (Å²) in [7, 11) is 0. The van der Waals surface area contributed by atoms with Crippen molar-refractivity contribution in [1.82, 2.24) is 0 Å². The number of carbonyl (C=O) groups excluding carboxylic acids is 1. The van der Waals surface area contributed by atoms with E-state index in [1.807, 2.05) is 32.9 Å². The fourth-order valence-corrected chi connectivity index (χ4v) is 2.54. The first-order chi connectivity index (χ1) is 11.7. The zero-order valence-electron chi connectivity index (χ0n) is 13.9. The Morgan fingerprint density at radius 1 is 0.920 bits per heavy atom. The Kier molecular flexibility index (Phi) is 5.45. The fraction of sp³-hybridized carbons (Fsp3) is 0.188. The molecular weight excluding hydrogens is 328 g/mol. The molecule has 0 saturated heterocycles. The van der Waals surface area contributed by atoms with E-state index in [2.05, 4.69) is 10.6 Å². The van der Waals surface area contributed by atoms with Gasteiger partial charge in [-0.05, 0) is 50.1 Å². The topological polar surface area (TPSA) is 134 Å². The largest absolute Gasteiger partial charge is 0.769 e. The van der Waals surface area contributed by atoms with E-state index in [9.17, 15) is 15.2 Å². The van der Waals surface area contributed by atoms with Crippen molar-refractivity contribution >= 4 is 28.8 Å². The highest BCUT2D eigenvalue weighted by Gasteiger charge is 2.10. The zero-order chi connectivity index (χ0) is 18.7. The van der Waals surface area contributed by atoms with Crippen molar-refractivity contribution in [2.75, 3.05) is 21.1 Å². The van der Waals surface area contributed by atoms with E-state index in [1.165, 1.54) is 6.07 Å². The number of hydrogen-bond donors (Lipinski definition) is 4. The van der Waals surface area contributed by atoms with E-state index in [0.29, 0.717) is 5.69 Å². The molecule has 0 aliphatic heterocycles. The van der Waals surface area contributed by atoms with Crippen LogP contribution in [0.15, 0.2) is 30.3 Å². The summed E-state index contributed by atoms with van der Waals surface area (Å²) < 4.78 is 0. The van der Waals surface area contributed by atoms with Crippen LogP contribution < -0.4 is 21.1 Å². The standard InChI is InChI=1S/C16H18N4O5/c1-9-4-10(2)15(11(3)5-9)18-16(21)17-12-6-13(19(22)23)8-14(7-12)20(24)25/h4-8,22-23H,1-3H3,(H2,17,18,21)/q-2. The maximum absolute atomic E-state index is 12.2. The highest BCUT2D eigenvalue weighted by atomic mass is 16.8. The van der Waals surface area contributed by atoms with Gasteiger partial charge in [-0.1, -0.05) is 17.7 Å². The lowest BCUT2D eigenvalue weighted by atomic mass is 10.1. The van der Waals surface area contributed by atoms with Crippen molar-refractivity contribution in [2.24, 2.45) is 0 Å². The van der Waals surface area contributed by atoms with E-state index < -0.39 is 16.9 Å². The van der Waals surface area contributed by atoms with Gasteiger partial charge < -0.3 is 26.3 Å². The molecule has 0 aromatic heterocycles. The molecule has 2 amide bonds. The van der Waals surface area contributed by atoms with Gasteiger partial charge in [-0.2, -0.15) is 0 Å². The minimum atomic E-state index is -0.704. The van der Waals surface area contributed by atoms with Crippen LogP contribution in [0.2, 0.25) is 0 Å². The molecule has 0 unspecified atom stereocenters. The lowest BCUT2D eigenvalue weighted by molar-refractivity contribution is 0.0292. The predicted molar refractivity (Wildman–Crippen MR) is 95.0 cm³/mol. The summed E-state index contributed by atoms with van der Waals surface area (Å²) in [6, 6.07) is 6.48. The van der Waals surface area contributed by atoms with Crippen molar-refractivity contribution < 1.29 is 15.2 Å². The third-order valence-electron chi connectivity index (χ3n) is 3.52. The number of urea groups is 1. The van der Waals surface area contributed by atoms with Gasteiger partial charge in [0.25, 0.3) is 0 Å². The van der Waals surface area contributed by atoms with E-state index in [0.717, 1.165) is 28.8 Å². The second kappa shape index (κ2) is 7.36. The van der Waals surface area contributed by atoms with Crippen LogP contribution in [0, 0.1) is 31.2 Å². The summed E-state index contributed by atoms with van der Waals surface area (Å²) in [4.78, 5) is 12.2. The van der Waals surface area contributed by atoms with Crippen molar-refractivity contribution in [3.05, 3.63) is 57.4 Å². The van der Waals surface area contributed by atoms with Crippen LogP contribution >= 0.6 is 0 Å². The number of carbonyl (C=O) groups is 1. The van der Waals surface area contributed by atoms with Crippen LogP contribution in [-0.4, -0.2) is 16.4 Å². The number of nitrogens with one attached hydrogen (secondary N) is 2. The molecule has 9 heteroatoms. The molecule has 0 aliphatic rings. The lowest BCUT2D eigenvalue weighted by Gasteiger charge is -2.38. The number of aryl methyl sites for hydroxylation is 3. The third-order valence-corrected chi connectivity index (χ3v) is 3.52. The molecule has 0 heterocycles. The van der Waals surface area contributed by atoms with E-state index in [4.69, 9.17) is 10.4 Å². The molecule has 0 atom stereocenters. The van der Waals surface area contributed by atoms with Gasteiger partial charge in [0.05, 0.1) is 5.69 Å². The van der Waals surface area contributed by atoms with Crippen LogP contribution in [0.1, 0.15) is 16.7 Å². The molecule has 2 aromatic carbocycles. The number of benzene rings is 2. The maximum atomic E-state index is 12.2. The summed E-state index contributed by atoms with van der Waals surface area (Å²) in [6.07, 6.45) is 0. The van der Waals surface area contributed by atoms with Crippen molar-refractivity contribution in [3.63, 3.8) is 0 Å². The summed E-state index contributed by atoms with van der Waals surface area (Å²) >= 11 is 0. The Balaban J connectivity index is 2.23. The van der Waals surface area contributed by atoms with Crippen molar-refractivity contribution in [1.29, 1.82) is 0 Å². The number of nitrogens with zero attached hydrogens (tertiary/aromatic N) is 2. The zero-order valence-corrected chi connectivity index (χ0v) is 13.9. The Morgan fingerprint density at radius 2 is 1.48 bits per heavy atom. The Hall–Kier alpha value is -2.85. The quantitative estimate of drug-likeness (QED) is 0.621. The second-order valence-electron chi connectivity index (χ2n) is 5.64. The normalized spacial score (nSPS) is 10.4. The summed E-state index contributed by atoms with van der Waals surface area (Å²) in [5, 5.41) is 44.1. The van der Waals surface area contributed by atoms with Crippen LogP contribution in [0.3, 0.4) is 0 Å². The van der Waals surface area contributed by atoms with Crippen molar-refractivity contribution in [3.8, 4) is 0 Å². The second-order valence-corrected chi connectivity index (χ2v) is 5.64. The minimum absolute atomic E-state index is 0.0391. The Morgan fingerprint density at radius 3 is 2.00 bits per heavy atom. The van der Waals surface area contributed by atoms with Crippen molar-refractivity contribution in [2.45, 2.75) is 20.8 Å². The first kappa shape index (κ1) is 18.5. The van der Waals surface area contributed by atoms with Gasteiger partial charge in [-0.25, -0.2) is 4.79 Å². The van der Waals surface area contributed by atoms with Gasteiger partial charge in [0.1, 0.15) is 0 Å². The van der Waals surface area contributed by atoms with Crippen LogP contribution in [-0.2, 0) is 0 Å². The number of anilines is 4. The van der Waals surface area contributed by atoms with Crippen LogP contribution in [0.5, 0.6) is 0 Å². The summed E-state index contributed by atoms with van der Waals surface area (Å²) in [5.74, 6) is 0. The third kappa shape index (κ3) is 4.58. The molecule has 2 aromatic rings. The SMILES string of the molecule is Cc1cc(C)c(NC(=O)Nc2cc(N([O-])[O-])cc(N(O)O)c2)c(C)c1. The minimum Gasteiger partial charge on any atom is -0.769 e. The maximum Gasteiger partial charge on any atom is 0.323 e. The molecule has 0 fully saturated rings. The first-order valence-corrected chi connectivity index (χ1v) is 7.30. The summed E-state index contributed by atoms with van der Waals surface area (Å²) in [5.41, 5.74) is 2.84. The van der Waals surface area contributed by atoms with E-state index in [1.54, 1.807) is 0 Å². The molecule has 134 valence electrons. The van der Waals surface area contributed by atoms with E-state index >= 15 is 0 Å². The van der Waals surface area contributed by atoms with Gasteiger partial charge >= 0.3 is 6.03 Å². The molecule has 0 aliphatic carbocycles. The smallest absolute Gasteiger partial charge is 0.323 e. The van der Waals surface area contributed by atoms with Gasteiger partial charge in [-0.3, -0.25) is 10.4 Å². The number of hydrogen-bond acceptors (Lipinski definition) is 7. The van der Waals surface area contributed by atoms with Gasteiger partial charge in [0.15, 0.2) is 0 Å². The van der Waals surface area contributed by atoms with Gasteiger partial charge in [0, 0.05) is 17.1 Å². The van der Waals surface area contributed by atoms with E-state index in [-0.39, 0.29) is 16.6 Å². The number of rotatable bonds is 4. The molecule has 0 bridgehead atoms. The molecule has 9 nitrogen and oxygen atoms in total. The molecule has 25 heavy (non-hydrogen) atoms. The molecule has 4 N–H and O–H groups in total. The predicted octanol–water partition coefficient (Wildman–Crippen LogP) is 3.64. The summed E-state index contributed by atoms with van der Waals surface area (Å²) in [6.45, 7) is 5.66. The lowest BCUT2D eigenvalue weighted by Crippen LogP contribution is -2.21. The molecular formula is C16H18N4O5-2. The molecule has 0 spiro atoms. The fourth-order valence-electron chi connectivity index (χ4n) is 2.54. The van der Waals surface area contributed by atoms with Gasteiger partial charge in [-0.15, -0.1) is 5.23 Å². The Bertz CT molecular complexity index is 743. The average molecular weight is 346 g/mol. The highest BCUT2D eigenvalue weighted by Crippen LogP contribution is 2.27. The van der Waals surface area contributed by atoms with Gasteiger partial charge in [0.2, 0.25) is 0 Å². The van der Waals surface area contributed by atoms with Crippen LogP contribution in [0.25, 0.3) is 0 Å². The van der Waals surface area contributed by atoms with Crippen LogP contribution in [0.4, 0.5) is 27.5 Å². The molecule has 0 saturated carbocycles. The molecule has 0 radical (unpaired) electrons. The molecule has 2 rings (SSSR count). The number of amides is 2. The first-order valence-electron chi connectivity index (χ1n) is 7.30. The highest BCUT2D eigenvalue weighted by molar-refractivity contribution is 6.01.